The molecule has 24 heavy (non-hydrogen) atoms. The van der Waals surface area contributed by atoms with Crippen LogP contribution >= 0.6 is 0 Å². The lowest BCUT2D eigenvalue weighted by Crippen LogP contribution is -2.28. The molecule has 0 unspecified atom stereocenters. The molecule has 0 atom stereocenters. The first-order chi connectivity index (χ1) is 11.6. The van der Waals surface area contributed by atoms with Gasteiger partial charge in [-0.05, 0) is 37.6 Å². The lowest BCUT2D eigenvalue weighted by Gasteiger charge is -2.16. The van der Waals surface area contributed by atoms with Crippen molar-refractivity contribution in [1.29, 1.82) is 0 Å². The summed E-state index contributed by atoms with van der Waals surface area (Å²) in [5, 5.41) is 3.15. The van der Waals surface area contributed by atoms with Crippen LogP contribution in [0.1, 0.15) is 37.2 Å². The first-order valence-electron chi connectivity index (χ1n) is 8.21. The van der Waals surface area contributed by atoms with Crippen molar-refractivity contribution in [1.82, 2.24) is 14.9 Å². The highest BCUT2D eigenvalue weighted by Gasteiger charge is 2.13. The molecule has 1 aromatic carbocycles. The van der Waals surface area contributed by atoms with Gasteiger partial charge in [-0.1, -0.05) is 13.3 Å². The highest BCUT2D eigenvalue weighted by molar-refractivity contribution is 5.91. The number of benzene rings is 1. The number of nitrogens with one attached hydrogen (secondary N) is 1. The lowest BCUT2D eigenvalue weighted by atomic mass is 10.3. The molecule has 0 aliphatic carbocycles. The van der Waals surface area contributed by atoms with Crippen LogP contribution in [0.2, 0.25) is 0 Å². The summed E-state index contributed by atoms with van der Waals surface area (Å²) in [7, 11) is 1.78. The Hall–Kier alpha value is -2.63. The summed E-state index contributed by atoms with van der Waals surface area (Å²) in [6, 6.07) is 7.59. The Balaban J connectivity index is 1.97. The molecule has 0 saturated carbocycles. The Morgan fingerprint density at radius 1 is 1.17 bits per heavy atom. The fourth-order valence-corrected chi connectivity index (χ4v) is 2.14. The van der Waals surface area contributed by atoms with Crippen LogP contribution in [0.3, 0.4) is 0 Å². The van der Waals surface area contributed by atoms with Crippen LogP contribution < -0.4 is 10.1 Å². The fraction of sp³-hybridized carbons (Fsp3) is 0.389. The number of carbonyl (C=O) groups is 1. The standard InChI is InChI=1S/C18H24N4O2/c1-4-6-11-22(3)18(23)16-12-20-17(13-19-16)21-14-7-9-15(10-8-14)24-5-2/h7-10,12-13H,4-6,11H2,1-3H3,(H,20,21). The van der Waals surface area contributed by atoms with Gasteiger partial charge in [-0.25, -0.2) is 9.97 Å². The van der Waals surface area contributed by atoms with E-state index in [-0.39, 0.29) is 5.91 Å². The molecule has 1 heterocycles. The third-order valence-electron chi connectivity index (χ3n) is 3.50. The van der Waals surface area contributed by atoms with E-state index in [9.17, 15) is 4.79 Å². The minimum Gasteiger partial charge on any atom is -0.494 e. The van der Waals surface area contributed by atoms with Gasteiger partial charge >= 0.3 is 0 Å². The largest absolute Gasteiger partial charge is 0.494 e. The lowest BCUT2D eigenvalue weighted by molar-refractivity contribution is 0.0787. The molecule has 6 nitrogen and oxygen atoms in total. The highest BCUT2D eigenvalue weighted by atomic mass is 16.5. The predicted octanol–water partition coefficient (Wildman–Crippen LogP) is 3.49. The number of carbonyl (C=O) groups excluding carboxylic acids is 1. The molecule has 0 aliphatic rings. The van der Waals surface area contributed by atoms with Crippen molar-refractivity contribution in [3.05, 3.63) is 42.4 Å². The molecular formula is C18H24N4O2. The van der Waals surface area contributed by atoms with Crippen molar-refractivity contribution in [2.75, 3.05) is 25.5 Å². The quantitative estimate of drug-likeness (QED) is 0.803. The van der Waals surface area contributed by atoms with E-state index in [1.165, 1.54) is 6.20 Å². The van der Waals surface area contributed by atoms with E-state index < -0.39 is 0 Å². The summed E-state index contributed by atoms with van der Waals surface area (Å²) in [5.41, 5.74) is 1.23. The smallest absolute Gasteiger partial charge is 0.273 e. The van der Waals surface area contributed by atoms with Crippen molar-refractivity contribution in [3.63, 3.8) is 0 Å². The number of anilines is 2. The van der Waals surface area contributed by atoms with Crippen LogP contribution in [0.4, 0.5) is 11.5 Å². The number of nitrogens with zero attached hydrogens (tertiary/aromatic N) is 3. The molecule has 2 aromatic rings. The summed E-state index contributed by atoms with van der Waals surface area (Å²) in [6.07, 6.45) is 5.10. The number of aromatic nitrogens is 2. The molecule has 0 radical (unpaired) electrons. The fourth-order valence-electron chi connectivity index (χ4n) is 2.14. The number of hydrogen-bond donors (Lipinski definition) is 1. The maximum absolute atomic E-state index is 12.2. The molecule has 0 fully saturated rings. The number of rotatable bonds is 8. The average molecular weight is 328 g/mol. The van der Waals surface area contributed by atoms with E-state index in [4.69, 9.17) is 4.74 Å². The van der Waals surface area contributed by atoms with Gasteiger partial charge < -0.3 is 15.0 Å². The van der Waals surface area contributed by atoms with Crippen LogP contribution in [0.5, 0.6) is 5.75 Å². The zero-order valence-corrected chi connectivity index (χ0v) is 14.5. The minimum absolute atomic E-state index is 0.108. The van der Waals surface area contributed by atoms with E-state index in [0.717, 1.165) is 30.8 Å². The molecule has 1 amide bonds. The number of hydrogen-bond acceptors (Lipinski definition) is 5. The normalized spacial score (nSPS) is 10.3. The Bertz CT molecular complexity index is 641. The molecule has 2 rings (SSSR count). The van der Waals surface area contributed by atoms with Crippen molar-refractivity contribution in [2.45, 2.75) is 26.7 Å². The zero-order valence-electron chi connectivity index (χ0n) is 14.5. The van der Waals surface area contributed by atoms with Gasteiger partial charge in [0.1, 0.15) is 17.3 Å². The third-order valence-corrected chi connectivity index (χ3v) is 3.50. The van der Waals surface area contributed by atoms with Crippen LogP contribution in [-0.2, 0) is 0 Å². The van der Waals surface area contributed by atoms with E-state index >= 15 is 0 Å². The summed E-state index contributed by atoms with van der Waals surface area (Å²) in [6.45, 7) is 5.41. The Morgan fingerprint density at radius 2 is 1.92 bits per heavy atom. The maximum Gasteiger partial charge on any atom is 0.273 e. The molecule has 6 heteroatoms. The van der Waals surface area contributed by atoms with E-state index in [1.807, 2.05) is 31.2 Å². The number of amides is 1. The van der Waals surface area contributed by atoms with Crippen molar-refractivity contribution >= 4 is 17.4 Å². The van der Waals surface area contributed by atoms with Gasteiger partial charge in [0.15, 0.2) is 0 Å². The van der Waals surface area contributed by atoms with Gasteiger partial charge in [-0.15, -0.1) is 0 Å². The summed E-state index contributed by atoms with van der Waals surface area (Å²) >= 11 is 0. The molecule has 0 spiro atoms. The summed E-state index contributed by atoms with van der Waals surface area (Å²) in [4.78, 5) is 22.4. The van der Waals surface area contributed by atoms with Crippen molar-refractivity contribution in [3.8, 4) is 5.75 Å². The Kier molecular flexibility index (Phi) is 6.54. The van der Waals surface area contributed by atoms with Gasteiger partial charge in [-0.2, -0.15) is 0 Å². The molecule has 128 valence electrons. The van der Waals surface area contributed by atoms with Gasteiger partial charge in [0.25, 0.3) is 5.91 Å². The monoisotopic (exact) mass is 328 g/mol. The molecule has 0 aliphatic heterocycles. The Morgan fingerprint density at radius 3 is 2.50 bits per heavy atom. The maximum atomic E-state index is 12.2. The molecule has 1 N–H and O–H groups in total. The molecule has 0 saturated heterocycles. The summed E-state index contributed by atoms with van der Waals surface area (Å²) in [5.74, 6) is 1.31. The third kappa shape index (κ3) is 4.94. The summed E-state index contributed by atoms with van der Waals surface area (Å²) < 4.78 is 5.41. The minimum atomic E-state index is -0.108. The van der Waals surface area contributed by atoms with Crippen LogP contribution in [-0.4, -0.2) is 41.0 Å². The van der Waals surface area contributed by atoms with Gasteiger partial charge in [0.2, 0.25) is 0 Å². The molecule has 1 aromatic heterocycles. The average Bonchev–Trinajstić information content (AvgIpc) is 2.61. The van der Waals surface area contributed by atoms with Crippen molar-refractivity contribution < 1.29 is 9.53 Å². The second kappa shape index (κ2) is 8.86. The molecule has 0 bridgehead atoms. The second-order valence-electron chi connectivity index (χ2n) is 5.45. The second-order valence-corrected chi connectivity index (χ2v) is 5.45. The first kappa shape index (κ1) is 17.7. The van der Waals surface area contributed by atoms with E-state index in [0.29, 0.717) is 18.1 Å². The number of unbranched alkanes of at least 4 members (excludes halogenated alkanes) is 1. The van der Waals surface area contributed by atoms with Crippen LogP contribution in [0.25, 0.3) is 0 Å². The topological polar surface area (TPSA) is 67.4 Å². The van der Waals surface area contributed by atoms with E-state index in [1.54, 1.807) is 18.1 Å². The van der Waals surface area contributed by atoms with Crippen LogP contribution in [0, 0.1) is 0 Å². The highest BCUT2D eigenvalue weighted by Crippen LogP contribution is 2.18. The first-order valence-corrected chi connectivity index (χ1v) is 8.21. The van der Waals surface area contributed by atoms with Gasteiger partial charge in [0.05, 0.1) is 19.0 Å². The SMILES string of the molecule is CCCCN(C)C(=O)c1cnc(Nc2ccc(OCC)cc2)cn1. The molecular weight excluding hydrogens is 304 g/mol. The Labute approximate surface area is 142 Å². The zero-order chi connectivity index (χ0) is 17.4. The van der Waals surface area contributed by atoms with Crippen LogP contribution in [0.15, 0.2) is 36.7 Å². The van der Waals surface area contributed by atoms with Gasteiger partial charge in [-0.3, -0.25) is 4.79 Å². The van der Waals surface area contributed by atoms with Crippen molar-refractivity contribution in [2.24, 2.45) is 0 Å². The number of ether oxygens (including phenoxy) is 1. The predicted molar refractivity (Wildman–Crippen MR) is 94.8 cm³/mol. The van der Waals surface area contributed by atoms with Gasteiger partial charge in [0, 0.05) is 19.3 Å². The van der Waals surface area contributed by atoms with E-state index in [2.05, 4.69) is 22.2 Å².